The Morgan fingerprint density at radius 1 is 1.13 bits per heavy atom. The van der Waals surface area contributed by atoms with E-state index in [0.29, 0.717) is 32.5 Å². The van der Waals surface area contributed by atoms with Crippen molar-refractivity contribution in [1.82, 2.24) is 14.6 Å². The monoisotopic (exact) mass is 473 g/mol. The summed E-state index contributed by atoms with van der Waals surface area (Å²) in [6, 6.07) is 11.8. The first kappa shape index (κ1) is 21.5. The maximum absolute atomic E-state index is 11.2. The second-order valence-corrected chi connectivity index (χ2v) is 10.4. The summed E-state index contributed by atoms with van der Waals surface area (Å²) >= 11 is 6.85. The summed E-state index contributed by atoms with van der Waals surface area (Å²) in [5.41, 5.74) is 1.72. The van der Waals surface area contributed by atoms with Gasteiger partial charge in [0.15, 0.2) is 5.65 Å². The highest BCUT2D eigenvalue weighted by atomic mass is 35.5. The Morgan fingerprint density at radius 2 is 1.84 bits per heavy atom. The van der Waals surface area contributed by atoms with Crippen molar-refractivity contribution in [3.8, 4) is 23.1 Å². The Balaban J connectivity index is 1.85. The Bertz CT molecular complexity index is 1450. The molecule has 3 aromatic heterocycles. The fraction of sp³-hybridized carbons (Fsp3) is 0.143. The van der Waals surface area contributed by atoms with Gasteiger partial charge in [-0.2, -0.15) is 13.5 Å². The van der Waals surface area contributed by atoms with E-state index in [1.165, 1.54) is 22.8 Å². The van der Waals surface area contributed by atoms with Crippen molar-refractivity contribution in [3.05, 3.63) is 69.8 Å². The summed E-state index contributed by atoms with van der Waals surface area (Å²) in [4.78, 5) is 5.14. The smallest absolute Gasteiger partial charge is 0.304 e. The van der Waals surface area contributed by atoms with Crippen LogP contribution in [-0.4, -0.2) is 32.7 Å². The molecule has 0 fully saturated rings. The number of fused-ring (bicyclic) bond motifs is 1. The highest BCUT2D eigenvalue weighted by Crippen LogP contribution is 2.28. The summed E-state index contributed by atoms with van der Waals surface area (Å²) in [5, 5.41) is 15.6. The molecule has 158 valence electrons. The third-order valence-corrected chi connectivity index (χ3v) is 6.97. The van der Waals surface area contributed by atoms with Crippen LogP contribution in [0, 0.1) is 11.8 Å². The number of hydrogen-bond donors (Lipinski definition) is 2. The molecule has 1 aromatic carbocycles. The largest absolute Gasteiger partial charge is 0.384 e. The predicted molar refractivity (Wildman–Crippen MR) is 119 cm³/mol. The van der Waals surface area contributed by atoms with Crippen molar-refractivity contribution in [2.45, 2.75) is 23.7 Å². The Kier molecular flexibility index (Phi) is 5.37. The third kappa shape index (κ3) is 4.49. The molecule has 4 rings (SSSR count). The van der Waals surface area contributed by atoms with Gasteiger partial charge in [-0.15, -0.1) is 11.3 Å². The fourth-order valence-electron chi connectivity index (χ4n) is 2.91. The molecule has 0 saturated carbocycles. The van der Waals surface area contributed by atoms with Crippen LogP contribution in [0.25, 0.3) is 16.9 Å². The molecule has 31 heavy (non-hydrogen) atoms. The average molecular weight is 474 g/mol. The summed E-state index contributed by atoms with van der Waals surface area (Å²) < 4.78 is 33.0. The van der Waals surface area contributed by atoms with Crippen molar-refractivity contribution >= 4 is 38.7 Å². The van der Waals surface area contributed by atoms with Gasteiger partial charge in [-0.25, -0.2) is 9.50 Å². The summed E-state index contributed by atoms with van der Waals surface area (Å²) in [5.74, 6) is 5.83. The number of rotatable bonds is 3. The highest BCUT2D eigenvalue weighted by molar-refractivity contribution is 7.88. The van der Waals surface area contributed by atoms with Crippen LogP contribution in [-0.2, 0) is 15.7 Å². The standard InChI is InChI=1S/C21H16ClN3O4S2/c1-21(2,26)18-11-17(13-3-6-15(22)7-4-13)24-20-14(12-23-25(18)20)5-8-16-9-10-19(30-16)31(27,28)29/h3-4,6-7,9-12,26H,1-2H3,(H,27,28,29). The molecule has 0 amide bonds. The normalized spacial score (nSPS) is 12.0. The lowest BCUT2D eigenvalue weighted by atomic mass is 10.0. The van der Waals surface area contributed by atoms with Crippen molar-refractivity contribution < 1.29 is 18.1 Å². The molecule has 0 bridgehead atoms. The molecule has 0 unspecified atom stereocenters. The molecule has 0 saturated heterocycles. The third-order valence-electron chi connectivity index (χ3n) is 4.39. The van der Waals surface area contributed by atoms with Gasteiger partial charge < -0.3 is 5.11 Å². The van der Waals surface area contributed by atoms with Crippen LogP contribution < -0.4 is 0 Å². The molecule has 2 N–H and O–H groups in total. The lowest BCUT2D eigenvalue weighted by Gasteiger charge is -2.19. The Labute approximate surface area is 187 Å². The van der Waals surface area contributed by atoms with Crippen LogP contribution in [0.1, 0.15) is 30.0 Å². The molecule has 0 aliphatic rings. The molecule has 10 heteroatoms. The van der Waals surface area contributed by atoms with E-state index < -0.39 is 15.7 Å². The number of aliphatic hydroxyl groups is 1. The number of thiophene rings is 1. The van der Waals surface area contributed by atoms with E-state index in [1.54, 1.807) is 32.0 Å². The van der Waals surface area contributed by atoms with E-state index in [4.69, 9.17) is 16.2 Å². The molecule has 0 aliphatic heterocycles. The lowest BCUT2D eigenvalue weighted by Crippen LogP contribution is -2.21. The van der Waals surface area contributed by atoms with Crippen molar-refractivity contribution in [1.29, 1.82) is 0 Å². The fourth-order valence-corrected chi connectivity index (χ4v) is 4.56. The molecule has 7 nitrogen and oxygen atoms in total. The van der Waals surface area contributed by atoms with E-state index in [1.807, 2.05) is 12.1 Å². The Morgan fingerprint density at radius 3 is 2.45 bits per heavy atom. The number of benzene rings is 1. The first-order valence-electron chi connectivity index (χ1n) is 8.99. The second kappa shape index (κ2) is 7.75. The minimum absolute atomic E-state index is 0.177. The van der Waals surface area contributed by atoms with Gasteiger partial charge in [-0.05, 0) is 44.2 Å². The molecular formula is C21H16ClN3O4S2. The minimum atomic E-state index is -4.27. The predicted octanol–water partition coefficient (Wildman–Crippen LogP) is 3.99. The van der Waals surface area contributed by atoms with E-state index in [-0.39, 0.29) is 4.21 Å². The van der Waals surface area contributed by atoms with Crippen molar-refractivity contribution in [2.24, 2.45) is 0 Å². The van der Waals surface area contributed by atoms with Gasteiger partial charge in [0.1, 0.15) is 9.81 Å². The summed E-state index contributed by atoms with van der Waals surface area (Å²) in [7, 11) is -4.27. The molecule has 4 aromatic rings. The van der Waals surface area contributed by atoms with Gasteiger partial charge in [0, 0.05) is 10.6 Å². The summed E-state index contributed by atoms with van der Waals surface area (Å²) in [6.45, 7) is 3.31. The van der Waals surface area contributed by atoms with E-state index in [2.05, 4.69) is 21.9 Å². The van der Waals surface area contributed by atoms with Gasteiger partial charge in [-0.3, -0.25) is 4.55 Å². The molecule has 0 spiro atoms. The van der Waals surface area contributed by atoms with Crippen LogP contribution in [0.5, 0.6) is 0 Å². The SMILES string of the molecule is CC(C)(O)c1cc(-c2ccc(Cl)cc2)nc2c(C#Cc3ccc(S(=O)(=O)O)s3)cnn12. The quantitative estimate of drug-likeness (QED) is 0.344. The topological polar surface area (TPSA) is 105 Å². The van der Waals surface area contributed by atoms with Crippen LogP contribution >= 0.6 is 22.9 Å². The van der Waals surface area contributed by atoms with E-state index in [9.17, 15) is 13.5 Å². The van der Waals surface area contributed by atoms with Crippen molar-refractivity contribution in [2.75, 3.05) is 0 Å². The first-order valence-corrected chi connectivity index (χ1v) is 11.6. The maximum atomic E-state index is 11.2. The molecule has 0 aliphatic carbocycles. The lowest BCUT2D eigenvalue weighted by molar-refractivity contribution is 0.0714. The van der Waals surface area contributed by atoms with Gasteiger partial charge in [-0.1, -0.05) is 35.6 Å². The van der Waals surface area contributed by atoms with E-state index >= 15 is 0 Å². The number of nitrogens with zero attached hydrogens (tertiary/aromatic N) is 3. The number of hydrogen-bond acceptors (Lipinski definition) is 6. The molecule has 0 atom stereocenters. The van der Waals surface area contributed by atoms with Gasteiger partial charge in [0.2, 0.25) is 0 Å². The van der Waals surface area contributed by atoms with Crippen LogP contribution in [0.4, 0.5) is 0 Å². The van der Waals surface area contributed by atoms with E-state index in [0.717, 1.165) is 16.9 Å². The first-order chi connectivity index (χ1) is 14.5. The maximum Gasteiger partial charge on any atom is 0.304 e. The molecule has 3 heterocycles. The van der Waals surface area contributed by atoms with Crippen molar-refractivity contribution in [3.63, 3.8) is 0 Å². The van der Waals surface area contributed by atoms with Crippen LogP contribution in [0.3, 0.4) is 0 Å². The molecule has 0 radical (unpaired) electrons. The summed E-state index contributed by atoms with van der Waals surface area (Å²) in [6.07, 6.45) is 1.54. The van der Waals surface area contributed by atoms with Gasteiger partial charge in [0.25, 0.3) is 0 Å². The average Bonchev–Trinajstić information content (AvgIpc) is 3.32. The second-order valence-electron chi connectivity index (χ2n) is 7.23. The van der Waals surface area contributed by atoms with Gasteiger partial charge in [0.05, 0.1) is 28.0 Å². The number of halogens is 1. The minimum Gasteiger partial charge on any atom is -0.384 e. The highest BCUT2D eigenvalue weighted by Gasteiger charge is 2.23. The zero-order valence-electron chi connectivity index (χ0n) is 16.4. The zero-order chi connectivity index (χ0) is 22.4. The zero-order valence-corrected chi connectivity index (χ0v) is 18.8. The van der Waals surface area contributed by atoms with Crippen LogP contribution in [0.15, 0.2) is 52.9 Å². The number of aromatic nitrogens is 3. The van der Waals surface area contributed by atoms with Gasteiger partial charge >= 0.3 is 10.1 Å². The Hall–Kier alpha value is -2.74. The van der Waals surface area contributed by atoms with Crippen LogP contribution in [0.2, 0.25) is 5.02 Å². The molecular weight excluding hydrogens is 458 g/mol.